The second-order valence-corrected chi connectivity index (χ2v) is 6.43. The number of rotatable bonds is 4. The van der Waals surface area contributed by atoms with E-state index in [2.05, 4.69) is 5.32 Å². The summed E-state index contributed by atoms with van der Waals surface area (Å²) in [6, 6.07) is 7.15. The molecule has 0 amide bonds. The third-order valence-corrected chi connectivity index (χ3v) is 4.16. The summed E-state index contributed by atoms with van der Waals surface area (Å²) < 4.78 is 12.2. The molecule has 4 nitrogen and oxygen atoms in total. The van der Waals surface area contributed by atoms with Crippen molar-refractivity contribution in [2.24, 2.45) is 0 Å². The SMILES string of the molecule is CNCC(=Cc1cccc(O)c1)B1OC(C)(C)C(C)(C)O1. The molecule has 21 heavy (non-hydrogen) atoms. The number of nitrogens with one attached hydrogen (secondary N) is 1. The van der Waals surface area contributed by atoms with Crippen LogP contribution in [0.4, 0.5) is 0 Å². The summed E-state index contributed by atoms with van der Waals surface area (Å²) >= 11 is 0. The molecular formula is C16H24BNO3. The van der Waals surface area contributed by atoms with Gasteiger partial charge in [-0.2, -0.15) is 0 Å². The number of aromatic hydroxyl groups is 1. The zero-order chi connectivity index (χ0) is 15.7. The van der Waals surface area contributed by atoms with Gasteiger partial charge >= 0.3 is 7.12 Å². The first-order valence-electron chi connectivity index (χ1n) is 7.25. The average Bonchev–Trinajstić information content (AvgIpc) is 2.58. The summed E-state index contributed by atoms with van der Waals surface area (Å²) in [5, 5.41) is 12.7. The van der Waals surface area contributed by atoms with Crippen LogP contribution in [-0.4, -0.2) is 37.0 Å². The van der Waals surface area contributed by atoms with E-state index in [1.165, 1.54) is 0 Å². The van der Waals surface area contributed by atoms with Gasteiger partial charge in [0, 0.05) is 6.54 Å². The first-order chi connectivity index (χ1) is 9.75. The van der Waals surface area contributed by atoms with E-state index in [1.54, 1.807) is 12.1 Å². The Hall–Kier alpha value is -1.30. The van der Waals surface area contributed by atoms with Crippen molar-refractivity contribution in [2.75, 3.05) is 13.6 Å². The van der Waals surface area contributed by atoms with Crippen LogP contribution in [0.15, 0.2) is 29.7 Å². The van der Waals surface area contributed by atoms with Gasteiger partial charge in [-0.15, -0.1) is 0 Å². The highest BCUT2D eigenvalue weighted by atomic mass is 16.7. The summed E-state index contributed by atoms with van der Waals surface area (Å²) in [7, 11) is 1.51. The standard InChI is InChI=1S/C16H24BNO3/c1-15(2)16(3,4)21-17(20-15)13(11-18-5)9-12-7-6-8-14(19)10-12/h6-10,18-19H,11H2,1-5H3. The minimum absolute atomic E-state index is 0.251. The van der Waals surface area contributed by atoms with Crippen LogP contribution in [0.1, 0.15) is 33.3 Å². The second kappa shape index (κ2) is 5.83. The predicted molar refractivity (Wildman–Crippen MR) is 86.1 cm³/mol. The van der Waals surface area contributed by atoms with Gasteiger partial charge in [0.15, 0.2) is 0 Å². The van der Waals surface area contributed by atoms with Crippen LogP contribution >= 0.6 is 0 Å². The minimum atomic E-state index is -0.384. The first-order valence-corrected chi connectivity index (χ1v) is 7.25. The van der Waals surface area contributed by atoms with Crippen LogP contribution < -0.4 is 5.32 Å². The van der Waals surface area contributed by atoms with Gasteiger partial charge in [0.05, 0.1) is 11.2 Å². The van der Waals surface area contributed by atoms with Gasteiger partial charge in [0.1, 0.15) is 5.75 Å². The van der Waals surface area contributed by atoms with Crippen LogP contribution in [0.2, 0.25) is 0 Å². The van der Waals surface area contributed by atoms with Gasteiger partial charge in [-0.25, -0.2) is 0 Å². The van der Waals surface area contributed by atoms with E-state index in [1.807, 2.05) is 53.0 Å². The third kappa shape index (κ3) is 3.48. The molecule has 1 aromatic carbocycles. The van der Waals surface area contributed by atoms with Crippen molar-refractivity contribution in [2.45, 2.75) is 38.9 Å². The lowest BCUT2D eigenvalue weighted by Gasteiger charge is -2.32. The highest BCUT2D eigenvalue weighted by molar-refractivity contribution is 6.55. The van der Waals surface area contributed by atoms with E-state index < -0.39 is 0 Å². The van der Waals surface area contributed by atoms with E-state index in [0.29, 0.717) is 6.54 Å². The maximum Gasteiger partial charge on any atom is 0.491 e. The quantitative estimate of drug-likeness (QED) is 0.837. The maximum absolute atomic E-state index is 9.58. The summed E-state index contributed by atoms with van der Waals surface area (Å²) in [6.45, 7) is 8.82. The van der Waals surface area contributed by atoms with E-state index in [4.69, 9.17) is 9.31 Å². The number of phenols is 1. The monoisotopic (exact) mass is 289 g/mol. The third-order valence-electron chi connectivity index (χ3n) is 4.16. The van der Waals surface area contributed by atoms with Crippen molar-refractivity contribution < 1.29 is 14.4 Å². The largest absolute Gasteiger partial charge is 0.508 e. The molecule has 0 spiro atoms. The lowest BCUT2D eigenvalue weighted by molar-refractivity contribution is 0.00578. The molecule has 2 rings (SSSR count). The Bertz CT molecular complexity index is 524. The Balaban J connectivity index is 2.28. The van der Waals surface area contributed by atoms with Crippen LogP contribution in [-0.2, 0) is 9.31 Å². The smallest absolute Gasteiger partial charge is 0.491 e. The highest BCUT2D eigenvalue weighted by Gasteiger charge is 2.52. The van der Waals surface area contributed by atoms with Gasteiger partial charge in [-0.3, -0.25) is 0 Å². The summed E-state index contributed by atoms with van der Waals surface area (Å²) in [6.07, 6.45) is 2.00. The van der Waals surface area contributed by atoms with E-state index in [0.717, 1.165) is 11.0 Å². The molecule has 1 saturated heterocycles. The fraction of sp³-hybridized carbons (Fsp3) is 0.500. The van der Waals surface area contributed by atoms with Crippen LogP contribution in [0.25, 0.3) is 6.08 Å². The molecule has 1 aliphatic rings. The Morgan fingerprint density at radius 3 is 2.38 bits per heavy atom. The zero-order valence-corrected chi connectivity index (χ0v) is 13.4. The van der Waals surface area contributed by atoms with Crippen molar-refractivity contribution in [1.29, 1.82) is 0 Å². The molecule has 114 valence electrons. The molecule has 0 aliphatic carbocycles. The molecule has 0 bridgehead atoms. The molecule has 0 aromatic heterocycles. The summed E-state index contributed by atoms with van der Waals surface area (Å²) in [4.78, 5) is 0. The maximum atomic E-state index is 9.58. The highest BCUT2D eigenvalue weighted by Crippen LogP contribution is 2.38. The number of benzene rings is 1. The average molecular weight is 289 g/mol. The Morgan fingerprint density at radius 1 is 1.24 bits per heavy atom. The fourth-order valence-corrected chi connectivity index (χ4v) is 2.23. The van der Waals surface area contributed by atoms with Gasteiger partial charge in [-0.05, 0) is 57.9 Å². The van der Waals surface area contributed by atoms with Crippen molar-refractivity contribution >= 4 is 13.2 Å². The van der Waals surface area contributed by atoms with Gasteiger partial charge in [0.2, 0.25) is 0 Å². The molecular weight excluding hydrogens is 265 g/mol. The van der Waals surface area contributed by atoms with Crippen LogP contribution in [0.3, 0.4) is 0 Å². The van der Waals surface area contributed by atoms with E-state index >= 15 is 0 Å². The normalized spacial score (nSPS) is 20.8. The molecule has 0 atom stereocenters. The van der Waals surface area contributed by atoms with E-state index in [9.17, 15) is 5.11 Å². The number of phenolic OH excluding ortho intramolecular Hbond substituents is 1. The van der Waals surface area contributed by atoms with Crippen molar-refractivity contribution in [3.63, 3.8) is 0 Å². The predicted octanol–water partition coefficient (Wildman–Crippen LogP) is 2.63. The minimum Gasteiger partial charge on any atom is -0.508 e. The Labute approximate surface area is 127 Å². The number of likely N-dealkylation sites (N-methyl/N-ethyl adjacent to an activating group) is 1. The molecule has 0 saturated carbocycles. The molecule has 2 N–H and O–H groups in total. The first kappa shape index (κ1) is 16.1. The van der Waals surface area contributed by atoms with Crippen LogP contribution in [0.5, 0.6) is 5.75 Å². The lowest BCUT2D eigenvalue weighted by Crippen LogP contribution is -2.41. The fourth-order valence-electron chi connectivity index (χ4n) is 2.23. The van der Waals surface area contributed by atoms with Crippen molar-refractivity contribution in [3.8, 4) is 5.75 Å². The van der Waals surface area contributed by atoms with Gasteiger partial charge < -0.3 is 19.7 Å². The van der Waals surface area contributed by atoms with Gasteiger partial charge in [0.25, 0.3) is 0 Å². The summed E-state index contributed by atoms with van der Waals surface area (Å²) in [5.74, 6) is 0.251. The topological polar surface area (TPSA) is 50.7 Å². The second-order valence-electron chi connectivity index (χ2n) is 6.43. The Morgan fingerprint density at radius 2 is 1.86 bits per heavy atom. The summed E-state index contributed by atoms with van der Waals surface area (Å²) in [5.41, 5.74) is 1.21. The van der Waals surface area contributed by atoms with Crippen molar-refractivity contribution in [1.82, 2.24) is 5.32 Å². The Kier molecular flexibility index (Phi) is 4.47. The number of hydrogen-bond acceptors (Lipinski definition) is 4. The molecule has 0 unspecified atom stereocenters. The van der Waals surface area contributed by atoms with Crippen LogP contribution in [0, 0.1) is 0 Å². The van der Waals surface area contributed by atoms with Crippen molar-refractivity contribution in [3.05, 3.63) is 35.3 Å². The molecule has 1 aromatic rings. The molecule has 1 heterocycles. The number of hydrogen-bond donors (Lipinski definition) is 2. The zero-order valence-electron chi connectivity index (χ0n) is 13.4. The molecule has 1 fully saturated rings. The molecule has 1 aliphatic heterocycles. The van der Waals surface area contributed by atoms with Gasteiger partial charge in [-0.1, -0.05) is 18.2 Å². The van der Waals surface area contributed by atoms with E-state index in [-0.39, 0.29) is 24.1 Å². The molecule has 0 radical (unpaired) electrons. The lowest BCUT2D eigenvalue weighted by atomic mass is 9.77. The molecule has 5 heteroatoms.